The summed E-state index contributed by atoms with van der Waals surface area (Å²) in [6.07, 6.45) is 2.24. The lowest BCUT2D eigenvalue weighted by atomic mass is 9.99. The monoisotopic (exact) mass is 790 g/mol. The largest absolute Gasteiger partial charge is 0.359 e. The van der Waals surface area contributed by atoms with Crippen molar-refractivity contribution in [2.24, 2.45) is 4.99 Å². The highest BCUT2D eigenvalue weighted by Gasteiger charge is 2.24. The molecule has 12 aromatic rings. The summed E-state index contributed by atoms with van der Waals surface area (Å²) in [5, 5.41) is 16.1. The van der Waals surface area contributed by atoms with Gasteiger partial charge in [-0.05, 0) is 81.2 Å². The minimum atomic E-state index is -0.0533. The highest BCUT2D eigenvalue weighted by atomic mass is 15.1. The van der Waals surface area contributed by atoms with Crippen LogP contribution in [0.1, 0.15) is 22.7 Å². The number of hydrogen-bond acceptors (Lipinski definition) is 2. The fraction of sp³-hybridized carbons (Fsp3) is 0.0172. The van der Waals surface area contributed by atoms with Gasteiger partial charge in [-0.2, -0.15) is 0 Å². The molecule has 1 N–H and O–H groups in total. The Morgan fingerprint density at radius 1 is 0.371 bits per heavy atom. The molecule has 0 amide bonds. The number of fused-ring (bicyclic) bond motifs is 10. The van der Waals surface area contributed by atoms with Crippen LogP contribution in [0.25, 0.3) is 93.0 Å². The summed E-state index contributed by atoms with van der Waals surface area (Å²) in [5.74, 6) is 0.846. The third-order valence-electron chi connectivity index (χ3n) is 12.9. The van der Waals surface area contributed by atoms with Crippen molar-refractivity contribution in [2.75, 3.05) is 0 Å². The molecule has 62 heavy (non-hydrogen) atoms. The second kappa shape index (κ2) is 13.7. The van der Waals surface area contributed by atoms with E-state index >= 15 is 0 Å². The molecule has 4 heteroatoms. The summed E-state index contributed by atoms with van der Waals surface area (Å²) >= 11 is 0. The van der Waals surface area contributed by atoms with Crippen LogP contribution in [0.4, 0.5) is 0 Å². The van der Waals surface area contributed by atoms with Gasteiger partial charge in [0.15, 0.2) is 0 Å². The van der Waals surface area contributed by atoms with Crippen LogP contribution in [0.2, 0.25) is 0 Å². The van der Waals surface area contributed by atoms with E-state index in [0.717, 1.165) is 44.8 Å². The van der Waals surface area contributed by atoms with Crippen LogP contribution >= 0.6 is 0 Å². The van der Waals surface area contributed by atoms with Crippen molar-refractivity contribution >= 4 is 87.5 Å². The third kappa shape index (κ3) is 5.30. The zero-order valence-corrected chi connectivity index (χ0v) is 33.7. The number of rotatable bonds is 5. The summed E-state index contributed by atoms with van der Waals surface area (Å²) in [4.78, 5) is 5.37. The fourth-order valence-corrected chi connectivity index (χ4v) is 10.1. The minimum Gasteiger partial charge on any atom is -0.359 e. The van der Waals surface area contributed by atoms with E-state index in [4.69, 9.17) is 4.99 Å². The lowest BCUT2D eigenvalue weighted by Gasteiger charge is -2.25. The number of aromatic nitrogens is 2. The van der Waals surface area contributed by atoms with Gasteiger partial charge in [-0.15, -0.1) is 0 Å². The van der Waals surface area contributed by atoms with Crippen LogP contribution in [0.5, 0.6) is 0 Å². The number of nitrogens with zero attached hydrogens (tertiary/aromatic N) is 3. The number of hydrogen-bond donors (Lipinski definition) is 1. The van der Waals surface area contributed by atoms with Crippen molar-refractivity contribution in [3.63, 3.8) is 0 Å². The van der Waals surface area contributed by atoms with Gasteiger partial charge in [0.2, 0.25) is 0 Å². The van der Waals surface area contributed by atoms with Crippen LogP contribution in [0.3, 0.4) is 0 Å². The van der Waals surface area contributed by atoms with Crippen LogP contribution in [-0.2, 0) is 0 Å². The molecule has 1 aliphatic rings. The van der Waals surface area contributed by atoms with E-state index in [1.807, 2.05) is 0 Å². The Labute approximate surface area is 357 Å². The van der Waals surface area contributed by atoms with E-state index in [2.05, 4.69) is 233 Å². The van der Waals surface area contributed by atoms with E-state index in [-0.39, 0.29) is 6.04 Å². The van der Waals surface area contributed by atoms with Gasteiger partial charge in [0.1, 0.15) is 5.84 Å². The van der Waals surface area contributed by atoms with Crippen LogP contribution in [-0.4, -0.2) is 15.0 Å². The second-order valence-electron chi connectivity index (χ2n) is 16.4. The number of amidine groups is 1. The molecule has 1 aliphatic heterocycles. The Morgan fingerprint density at radius 2 is 0.984 bits per heavy atom. The zero-order chi connectivity index (χ0) is 40.7. The molecule has 0 saturated heterocycles. The van der Waals surface area contributed by atoms with Gasteiger partial charge in [-0.3, -0.25) is 0 Å². The first kappa shape index (κ1) is 34.6. The number of nitrogens with one attached hydrogen (secondary N) is 1. The lowest BCUT2D eigenvalue weighted by Crippen LogP contribution is -2.31. The van der Waals surface area contributed by atoms with E-state index in [9.17, 15) is 0 Å². The molecule has 2 aromatic heterocycles. The Balaban J connectivity index is 1.12. The highest BCUT2D eigenvalue weighted by Crippen LogP contribution is 2.44. The van der Waals surface area contributed by atoms with Crippen molar-refractivity contribution in [3.8, 4) is 11.4 Å². The smallest absolute Gasteiger partial charge is 0.134 e. The molecule has 0 saturated carbocycles. The molecule has 0 aliphatic carbocycles. The maximum Gasteiger partial charge on any atom is 0.134 e. The van der Waals surface area contributed by atoms with Crippen molar-refractivity contribution in [1.29, 1.82) is 0 Å². The van der Waals surface area contributed by atoms with E-state index < -0.39 is 0 Å². The second-order valence-corrected chi connectivity index (χ2v) is 16.4. The van der Waals surface area contributed by atoms with Crippen molar-refractivity contribution in [2.45, 2.75) is 6.04 Å². The van der Waals surface area contributed by atoms with Crippen molar-refractivity contribution < 1.29 is 0 Å². The van der Waals surface area contributed by atoms with Gasteiger partial charge in [0.05, 0.1) is 45.2 Å². The minimum absolute atomic E-state index is 0.0533. The summed E-state index contributed by atoms with van der Waals surface area (Å²) < 4.78 is 4.99. The average Bonchev–Trinajstić information content (AvgIpc) is 3.85. The van der Waals surface area contributed by atoms with Crippen LogP contribution < -0.4 is 5.32 Å². The molecule has 0 spiro atoms. The Morgan fingerprint density at radius 3 is 1.79 bits per heavy atom. The van der Waals surface area contributed by atoms with E-state index in [0.29, 0.717) is 0 Å². The van der Waals surface area contributed by atoms with Gasteiger partial charge in [-0.1, -0.05) is 170 Å². The predicted molar refractivity (Wildman–Crippen MR) is 261 cm³/mol. The summed E-state index contributed by atoms with van der Waals surface area (Å²) in [5.41, 5.74) is 11.2. The average molecular weight is 791 g/mol. The number of para-hydroxylation sites is 1. The Kier molecular flexibility index (Phi) is 7.63. The van der Waals surface area contributed by atoms with Gasteiger partial charge < -0.3 is 14.5 Å². The molecule has 0 radical (unpaired) electrons. The van der Waals surface area contributed by atoms with Gasteiger partial charge in [0, 0.05) is 37.9 Å². The molecular formula is C58H38N4. The first-order chi connectivity index (χ1) is 30.7. The predicted octanol–water partition coefficient (Wildman–Crippen LogP) is 14.5. The number of aliphatic imine (C=N–C) groups is 1. The van der Waals surface area contributed by atoms with Crippen LogP contribution in [0, 0.1) is 0 Å². The maximum atomic E-state index is 5.37. The topological polar surface area (TPSA) is 34.2 Å². The first-order valence-corrected chi connectivity index (χ1v) is 21.3. The summed E-state index contributed by atoms with van der Waals surface area (Å²) in [6, 6.07) is 77.1. The first-order valence-electron chi connectivity index (χ1n) is 21.3. The quantitative estimate of drug-likeness (QED) is 0.185. The molecule has 290 valence electrons. The summed E-state index contributed by atoms with van der Waals surface area (Å²) in [7, 11) is 0. The van der Waals surface area contributed by atoms with Crippen molar-refractivity contribution in [1.82, 2.24) is 14.5 Å². The number of benzene rings is 10. The van der Waals surface area contributed by atoms with Gasteiger partial charge >= 0.3 is 0 Å². The molecule has 10 aromatic carbocycles. The molecule has 4 nitrogen and oxygen atoms in total. The van der Waals surface area contributed by atoms with Crippen molar-refractivity contribution in [3.05, 3.63) is 235 Å². The van der Waals surface area contributed by atoms with E-state index in [1.165, 1.54) is 70.8 Å². The molecule has 0 fully saturated rings. The van der Waals surface area contributed by atoms with E-state index in [1.54, 1.807) is 0 Å². The molecule has 1 atom stereocenters. The molecule has 0 bridgehead atoms. The highest BCUT2D eigenvalue weighted by molar-refractivity contribution is 6.26. The molecular weight excluding hydrogens is 753 g/mol. The molecule has 1 unspecified atom stereocenters. The Hall–Kier alpha value is -8.21. The molecule has 13 rings (SSSR count). The van der Waals surface area contributed by atoms with Gasteiger partial charge in [0.25, 0.3) is 0 Å². The summed E-state index contributed by atoms with van der Waals surface area (Å²) in [6.45, 7) is 0. The fourth-order valence-electron chi connectivity index (χ4n) is 10.1. The molecule has 3 heterocycles. The zero-order valence-electron chi connectivity index (χ0n) is 33.7. The third-order valence-corrected chi connectivity index (χ3v) is 12.9. The Bertz CT molecular complexity index is 3830. The maximum absolute atomic E-state index is 5.37. The standard InChI is InChI=1S/C58H38N4/c1-3-18-39(19-4-1)49-35-50(40-20-5-2-6-21-40)60-58(59-49)42-32-41-22-9-11-25-44(41)54(33-42)62-52-28-14-13-27-46(52)47-34-48-56(36-55(47)62)61(51-29-15-23-37-16-7-10-24-43(37)51)53-31-30-38-17-8-12-26-45(38)57(48)53/h1-36,49H,(H,59,60). The lowest BCUT2D eigenvalue weighted by molar-refractivity contribution is 0.781. The normalized spacial score (nSPS) is 14.3. The van der Waals surface area contributed by atoms with Gasteiger partial charge in [-0.25, -0.2) is 4.99 Å². The SMILES string of the molecule is C1=C(c2ccccc2)N=C(c2cc(-n3c4ccccc4c4cc5c6c7ccccc7ccc6n(-c6cccc7ccccc67)c5cc43)c3ccccc3c2)NC1c1ccccc1. The van der Waals surface area contributed by atoms with Crippen LogP contribution in [0.15, 0.2) is 223 Å².